The SMILES string of the molecule is COc1ccc(OC)c(CC(=O)NCc2ccccc2CN2CCCCC2)c1. The molecule has 0 aliphatic carbocycles. The van der Waals surface area contributed by atoms with Crippen LogP contribution in [0.25, 0.3) is 0 Å². The van der Waals surface area contributed by atoms with Gasteiger partial charge in [-0.1, -0.05) is 30.7 Å². The van der Waals surface area contributed by atoms with Gasteiger partial charge in [-0.15, -0.1) is 0 Å². The summed E-state index contributed by atoms with van der Waals surface area (Å²) in [5.74, 6) is 1.39. The molecule has 1 heterocycles. The Kier molecular flexibility index (Phi) is 7.31. The van der Waals surface area contributed by atoms with Gasteiger partial charge in [0.15, 0.2) is 0 Å². The molecule has 0 radical (unpaired) electrons. The predicted molar refractivity (Wildman–Crippen MR) is 111 cm³/mol. The molecule has 1 aliphatic heterocycles. The number of carbonyl (C=O) groups excluding carboxylic acids is 1. The lowest BCUT2D eigenvalue weighted by molar-refractivity contribution is -0.120. The third kappa shape index (κ3) is 5.49. The van der Waals surface area contributed by atoms with Crippen LogP contribution < -0.4 is 14.8 Å². The van der Waals surface area contributed by atoms with Gasteiger partial charge in [-0.25, -0.2) is 0 Å². The van der Waals surface area contributed by atoms with Crippen molar-refractivity contribution < 1.29 is 14.3 Å². The molecule has 28 heavy (non-hydrogen) atoms. The molecular weight excluding hydrogens is 352 g/mol. The van der Waals surface area contributed by atoms with Crippen LogP contribution in [0.2, 0.25) is 0 Å². The van der Waals surface area contributed by atoms with Crippen molar-refractivity contribution in [2.24, 2.45) is 0 Å². The molecule has 0 unspecified atom stereocenters. The van der Waals surface area contributed by atoms with Gasteiger partial charge in [0.2, 0.25) is 5.91 Å². The van der Waals surface area contributed by atoms with Gasteiger partial charge >= 0.3 is 0 Å². The Bertz CT molecular complexity index is 785. The van der Waals surface area contributed by atoms with Crippen LogP contribution in [0.15, 0.2) is 42.5 Å². The fourth-order valence-corrected chi connectivity index (χ4v) is 3.69. The summed E-state index contributed by atoms with van der Waals surface area (Å²) >= 11 is 0. The number of amides is 1. The Morgan fingerprint density at radius 1 is 0.964 bits per heavy atom. The lowest BCUT2D eigenvalue weighted by Gasteiger charge is -2.27. The maximum atomic E-state index is 12.5. The number of likely N-dealkylation sites (tertiary alicyclic amines) is 1. The number of nitrogens with zero attached hydrogens (tertiary/aromatic N) is 1. The summed E-state index contributed by atoms with van der Waals surface area (Å²) in [6, 6.07) is 13.9. The van der Waals surface area contributed by atoms with E-state index >= 15 is 0 Å². The molecule has 1 saturated heterocycles. The van der Waals surface area contributed by atoms with E-state index in [0.717, 1.165) is 30.9 Å². The van der Waals surface area contributed by atoms with Crippen molar-refractivity contribution in [3.63, 3.8) is 0 Å². The van der Waals surface area contributed by atoms with Gasteiger partial charge in [0.05, 0.1) is 20.6 Å². The van der Waals surface area contributed by atoms with E-state index in [0.29, 0.717) is 12.3 Å². The number of nitrogens with one attached hydrogen (secondary N) is 1. The van der Waals surface area contributed by atoms with Crippen molar-refractivity contribution in [1.82, 2.24) is 10.2 Å². The van der Waals surface area contributed by atoms with E-state index in [1.165, 1.54) is 30.4 Å². The van der Waals surface area contributed by atoms with Crippen molar-refractivity contribution in [2.75, 3.05) is 27.3 Å². The third-order valence-electron chi connectivity index (χ3n) is 5.28. The zero-order chi connectivity index (χ0) is 19.8. The summed E-state index contributed by atoms with van der Waals surface area (Å²) in [7, 11) is 3.23. The minimum absolute atomic E-state index is 0.0284. The van der Waals surface area contributed by atoms with E-state index in [4.69, 9.17) is 9.47 Å². The highest BCUT2D eigenvalue weighted by molar-refractivity contribution is 5.79. The Balaban J connectivity index is 1.60. The zero-order valence-corrected chi connectivity index (χ0v) is 16.9. The van der Waals surface area contributed by atoms with Crippen LogP contribution in [0.3, 0.4) is 0 Å². The number of piperidine rings is 1. The van der Waals surface area contributed by atoms with E-state index in [-0.39, 0.29) is 12.3 Å². The lowest BCUT2D eigenvalue weighted by atomic mass is 10.0. The highest BCUT2D eigenvalue weighted by Gasteiger charge is 2.14. The molecule has 0 atom stereocenters. The number of hydrogen-bond acceptors (Lipinski definition) is 4. The first-order valence-corrected chi connectivity index (χ1v) is 9.96. The Morgan fingerprint density at radius 3 is 2.43 bits per heavy atom. The second-order valence-electron chi connectivity index (χ2n) is 7.24. The van der Waals surface area contributed by atoms with Gasteiger partial charge in [-0.2, -0.15) is 0 Å². The molecule has 0 bridgehead atoms. The third-order valence-corrected chi connectivity index (χ3v) is 5.28. The first-order chi connectivity index (χ1) is 13.7. The predicted octanol–water partition coefficient (Wildman–Crippen LogP) is 3.55. The summed E-state index contributed by atoms with van der Waals surface area (Å²) < 4.78 is 10.6. The van der Waals surface area contributed by atoms with Crippen LogP contribution >= 0.6 is 0 Å². The maximum Gasteiger partial charge on any atom is 0.224 e. The summed E-state index contributed by atoms with van der Waals surface area (Å²) in [4.78, 5) is 15.0. The summed E-state index contributed by atoms with van der Waals surface area (Å²) in [6.07, 6.45) is 4.15. The molecule has 1 fully saturated rings. The maximum absolute atomic E-state index is 12.5. The monoisotopic (exact) mass is 382 g/mol. The molecule has 0 aromatic heterocycles. The molecule has 1 N–H and O–H groups in total. The van der Waals surface area contributed by atoms with Crippen LogP contribution in [0.1, 0.15) is 36.0 Å². The van der Waals surface area contributed by atoms with Crippen LogP contribution in [0, 0.1) is 0 Å². The molecule has 2 aromatic carbocycles. The summed E-state index contributed by atoms with van der Waals surface area (Å²) in [6.45, 7) is 3.82. The molecule has 150 valence electrons. The minimum atomic E-state index is -0.0284. The standard InChI is InChI=1S/C23H30N2O3/c1-27-21-10-11-22(28-2)20(14-21)15-23(26)24-16-18-8-4-5-9-19(18)17-25-12-6-3-7-13-25/h4-5,8-11,14H,3,6-7,12-13,15-17H2,1-2H3,(H,24,26). The molecule has 5 heteroatoms. The summed E-state index contributed by atoms with van der Waals surface area (Å²) in [5.41, 5.74) is 3.30. The average molecular weight is 383 g/mol. The molecule has 0 saturated carbocycles. The van der Waals surface area contributed by atoms with Crippen molar-refractivity contribution >= 4 is 5.91 Å². The topological polar surface area (TPSA) is 50.8 Å². The zero-order valence-electron chi connectivity index (χ0n) is 16.9. The van der Waals surface area contributed by atoms with Gasteiger partial charge in [0, 0.05) is 18.7 Å². The number of hydrogen-bond donors (Lipinski definition) is 1. The van der Waals surface area contributed by atoms with E-state index < -0.39 is 0 Å². The van der Waals surface area contributed by atoms with Crippen LogP contribution in [0.4, 0.5) is 0 Å². The van der Waals surface area contributed by atoms with E-state index in [1.807, 2.05) is 24.3 Å². The molecular formula is C23H30N2O3. The number of methoxy groups -OCH3 is 2. The number of ether oxygens (including phenoxy) is 2. The average Bonchev–Trinajstić information content (AvgIpc) is 2.74. The van der Waals surface area contributed by atoms with Gasteiger partial charge in [-0.3, -0.25) is 9.69 Å². The molecule has 0 spiro atoms. The van der Waals surface area contributed by atoms with Crippen LogP contribution in [-0.2, 0) is 24.3 Å². The van der Waals surface area contributed by atoms with E-state index in [2.05, 4.69) is 28.4 Å². The van der Waals surface area contributed by atoms with Gasteiger partial charge in [0.1, 0.15) is 11.5 Å². The quantitative estimate of drug-likeness (QED) is 0.759. The molecule has 1 amide bonds. The fraction of sp³-hybridized carbons (Fsp3) is 0.435. The van der Waals surface area contributed by atoms with Crippen molar-refractivity contribution in [1.29, 1.82) is 0 Å². The number of carbonyl (C=O) groups is 1. The van der Waals surface area contributed by atoms with Crippen molar-refractivity contribution in [2.45, 2.75) is 38.8 Å². The highest BCUT2D eigenvalue weighted by Crippen LogP contribution is 2.24. The Labute approximate surface area is 167 Å². The molecule has 2 aromatic rings. The summed E-state index contributed by atoms with van der Waals surface area (Å²) in [5, 5.41) is 3.06. The first-order valence-electron chi connectivity index (χ1n) is 9.96. The van der Waals surface area contributed by atoms with Gasteiger partial charge < -0.3 is 14.8 Å². The van der Waals surface area contributed by atoms with Crippen LogP contribution in [0.5, 0.6) is 11.5 Å². The van der Waals surface area contributed by atoms with Gasteiger partial charge in [0.25, 0.3) is 0 Å². The first kappa shape index (κ1) is 20.2. The van der Waals surface area contributed by atoms with Gasteiger partial charge in [-0.05, 0) is 55.3 Å². The Morgan fingerprint density at radius 2 is 1.71 bits per heavy atom. The highest BCUT2D eigenvalue weighted by atomic mass is 16.5. The number of benzene rings is 2. The van der Waals surface area contributed by atoms with Crippen molar-refractivity contribution in [3.8, 4) is 11.5 Å². The molecule has 3 rings (SSSR count). The number of rotatable bonds is 8. The molecule has 1 aliphatic rings. The largest absolute Gasteiger partial charge is 0.497 e. The fourth-order valence-electron chi connectivity index (χ4n) is 3.69. The Hall–Kier alpha value is -2.53. The smallest absolute Gasteiger partial charge is 0.224 e. The van der Waals surface area contributed by atoms with E-state index in [9.17, 15) is 4.79 Å². The minimum Gasteiger partial charge on any atom is -0.497 e. The molecule has 5 nitrogen and oxygen atoms in total. The van der Waals surface area contributed by atoms with Crippen LogP contribution in [-0.4, -0.2) is 38.1 Å². The lowest BCUT2D eigenvalue weighted by Crippen LogP contribution is -2.30. The second kappa shape index (κ2) is 10.1. The van der Waals surface area contributed by atoms with Crippen molar-refractivity contribution in [3.05, 3.63) is 59.2 Å². The van der Waals surface area contributed by atoms with E-state index in [1.54, 1.807) is 14.2 Å². The normalized spacial score (nSPS) is 14.5. The second-order valence-corrected chi connectivity index (χ2v) is 7.24.